The molecule has 22 heavy (non-hydrogen) atoms. The Balaban J connectivity index is 1.82. The van der Waals surface area contributed by atoms with E-state index in [1.165, 1.54) is 37.7 Å². The summed E-state index contributed by atoms with van der Waals surface area (Å²) in [7, 11) is 0. The highest BCUT2D eigenvalue weighted by Crippen LogP contribution is 2.31. The summed E-state index contributed by atoms with van der Waals surface area (Å²) in [6, 6.07) is 10.5. The number of carbonyl (C=O) groups excluding carboxylic acids is 1. The number of carbonyl (C=O) groups is 1. The Labute approximate surface area is 139 Å². The minimum Gasteiger partial charge on any atom is -0.466 e. The predicted octanol–water partition coefficient (Wildman–Crippen LogP) is 5.07. The van der Waals surface area contributed by atoms with Gasteiger partial charge in [0, 0.05) is 11.5 Å². The molecule has 0 bridgehead atoms. The van der Waals surface area contributed by atoms with E-state index in [2.05, 4.69) is 24.3 Å². The Morgan fingerprint density at radius 2 is 1.95 bits per heavy atom. The van der Waals surface area contributed by atoms with Gasteiger partial charge in [0.1, 0.15) is 0 Å². The van der Waals surface area contributed by atoms with Crippen LogP contribution < -0.4 is 0 Å². The van der Waals surface area contributed by atoms with Crippen LogP contribution in [0.5, 0.6) is 0 Å². The number of hydrogen-bond acceptors (Lipinski definition) is 3. The molecule has 122 valence electrons. The molecule has 1 unspecified atom stereocenters. The molecule has 3 heteroatoms. The number of ether oxygens (including phenoxy) is 1. The maximum absolute atomic E-state index is 12.2. The van der Waals surface area contributed by atoms with Crippen LogP contribution in [0.3, 0.4) is 0 Å². The number of esters is 1. The van der Waals surface area contributed by atoms with Gasteiger partial charge in [-0.3, -0.25) is 4.79 Å². The molecule has 1 aromatic rings. The summed E-state index contributed by atoms with van der Waals surface area (Å²) in [5.41, 5.74) is 1.33. The molecule has 1 fully saturated rings. The number of hydrogen-bond donors (Lipinski definition) is 0. The molecule has 0 radical (unpaired) electrons. The largest absolute Gasteiger partial charge is 0.466 e. The molecule has 0 spiro atoms. The lowest BCUT2D eigenvalue weighted by Crippen LogP contribution is -2.24. The monoisotopic (exact) mass is 320 g/mol. The smallest absolute Gasteiger partial charge is 0.309 e. The normalized spacial score (nSPS) is 17.1. The highest BCUT2D eigenvalue weighted by Gasteiger charge is 2.25. The summed E-state index contributed by atoms with van der Waals surface area (Å²) in [6.07, 6.45) is 7.62. The Morgan fingerprint density at radius 1 is 1.23 bits per heavy atom. The molecule has 0 heterocycles. The van der Waals surface area contributed by atoms with Gasteiger partial charge in [-0.1, -0.05) is 62.4 Å². The van der Waals surface area contributed by atoms with Gasteiger partial charge in [-0.05, 0) is 24.8 Å². The fourth-order valence-electron chi connectivity index (χ4n) is 3.21. The molecule has 2 rings (SSSR count). The van der Waals surface area contributed by atoms with Crippen molar-refractivity contribution in [3.05, 3.63) is 35.9 Å². The summed E-state index contributed by atoms with van der Waals surface area (Å²) in [6.45, 7) is 2.38. The van der Waals surface area contributed by atoms with E-state index in [1.807, 2.05) is 24.8 Å². The second-order valence-corrected chi connectivity index (χ2v) is 7.22. The first-order chi connectivity index (χ1) is 10.8. The molecule has 0 aliphatic heterocycles. The third-order valence-corrected chi connectivity index (χ3v) is 5.57. The molecule has 0 N–H and O–H groups in total. The van der Waals surface area contributed by atoms with E-state index in [-0.39, 0.29) is 11.9 Å². The third-order valence-electron chi connectivity index (χ3n) is 4.39. The van der Waals surface area contributed by atoms with Crippen LogP contribution >= 0.6 is 11.8 Å². The zero-order valence-electron chi connectivity index (χ0n) is 13.6. The van der Waals surface area contributed by atoms with E-state index in [1.54, 1.807) is 0 Å². The number of rotatable bonds is 8. The topological polar surface area (TPSA) is 26.3 Å². The van der Waals surface area contributed by atoms with Crippen molar-refractivity contribution in [3.8, 4) is 0 Å². The summed E-state index contributed by atoms with van der Waals surface area (Å²) in [4.78, 5) is 12.2. The molecule has 1 aromatic carbocycles. The fraction of sp³-hybridized carbons (Fsp3) is 0.632. The Kier molecular flexibility index (Phi) is 7.86. The zero-order chi connectivity index (χ0) is 15.6. The van der Waals surface area contributed by atoms with Gasteiger partial charge < -0.3 is 4.74 Å². The van der Waals surface area contributed by atoms with Crippen molar-refractivity contribution in [2.24, 2.45) is 11.8 Å². The zero-order valence-corrected chi connectivity index (χ0v) is 14.4. The van der Waals surface area contributed by atoms with Gasteiger partial charge >= 0.3 is 5.97 Å². The van der Waals surface area contributed by atoms with E-state index < -0.39 is 0 Å². The van der Waals surface area contributed by atoms with Gasteiger partial charge in [0.05, 0.1) is 12.5 Å². The molecule has 1 aliphatic carbocycles. The van der Waals surface area contributed by atoms with Crippen molar-refractivity contribution in [1.29, 1.82) is 0 Å². The van der Waals surface area contributed by atoms with Crippen molar-refractivity contribution in [2.45, 2.75) is 51.2 Å². The lowest BCUT2D eigenvalue weighted by atomic mass is 9.83. The van der Waals surface area contributed by atoms with Crippen molar-refractivity contribution >= 4 is 17.7 Å². The van der Waals surface area contributed by atoms with Gasteiger partial charge in [-0.15, -0.1) is 0 Å². The van der Waals surface area contributed by atoms with E-state index >= 15 is 0 Å². The Bertz CT molecular complexity index is 426. The van der Waals surface area contributed by atoms with Crippen LogP contribution in [0.25, 0.3) is 0 Å². The average molecular weight is 320 g/mol. The summed E-state index contributed by atoms with van der Waals surface area (Å²) >= 11 is 1.86. The van der Waals surface area contributed by atoms with Crippen LogP contribution in [-0.4, -0.2) is 18.3 Å². The van der Waals surface area contributed by atoms with Crippen LogP contribution in [0.1, 0.15) is 51.0 Å². The third kappa shape index (κ3) is 6.04. The van der Waals surface area contributed by atoms with Crippen LogP contribution in [0.15, 0.2) is 30.3 Å². The van der Waals surface area contributed by atoms with Crippen molar-refractivity contribution in [3.63, 3.8) is 0 Å². The van der Waals surface area contributed by atoms with Gasteiger partial charge in [-0.2, -0.15) is 11.8 Å². The highest BCUT2D eigenvalue weighted by molar-refractivity contribution is 7.98. The standard InChI is InChI=1S/C19H28O2S/c1-2-21-19(20)18(13-16-9-5-3-6-10-16)15-22-14-17-11-7-4-8-12-17/h4,7-8,11-12,16,18H,2-3,5-6,9-10,13-15H2,1H3. The van der Waals surface area contributed by atoms with Crippen LogP contribution in [0.2, 0.25) is 0 Å². The molecular weight excluding hydrogens is 292 g/mol. The van der Waals surface area contributed by atoms with E-state index in [0.717, 1.165) is 23.8 Å². The van der Waals surface area contributed by atoms with Crippen LogP contribution in [0, 0.1) is 11.8 Å². The van der Waals surface area contributed by atoms with E-state index in [0.29, 0.717) is 6.61 Å². The van der Waals surface area contributed by atoms with Crippen LogP contribution in [-0.2, 0) is 15.3 Å². The minimum absolute atomic E-state index is 0.00800. The minimum atomic E-state index is 0.00800. The molecule has 1 saturated carbocycles. The molecule has 0 aromatic heterocycles. The van der Waals surface area contributed by atoms with Crippen molar-refractivity contribution in [2.75, 3.05) is 12.4 Å². The van der Waals surface area contributed by atoms with E-state index in [9.17, 15) is 4.79 Å². The van der Waals surface area contributed by atoms with Gasteiger partial charge in [0.2, 0.25) is 0 Å². The number of thioether (sulfide) groups is 1. The molecule has 1 atom stereocenters. The predicted molar refractivity (Wildman–Crippen MR) is 93.9 cm³/mol. The van der Waals surface area contributed by atoms with Crippen LogP contribution in [0.4, 0.5) is 0 Å². The fourth-order valence-corrected chi connectivity index (χ4v) is 4.31. The van der Waals surface area contributed by atoms with Crippen molar-refractivity contribution < 1.29 is 9.53 Å². The second kappa shape index (κ2) is 9.94. The quantitative estimate of drug-likeness (QED) is 0.626. The summed E-state index contributed by atoms with van der Waals surface area (Å²) < 4.78 is 5.30. The first-order valence-corrected chi connectivity index (χ1v) is 9.73. The van der Waals surface area contributed by atoms with Gasteiger partial charge in [0.15, 0.2) is 0 Å². The summed E-state index contributed by atoms with van der Waals surface area (Å²) in [5.74, 6) is 2.65. The van der Waals surface area contributed by atoms with E-state index in [4.69, 9.17) is 4.74 Å². The Morgan fingerprint density at radius 3 is 2.64 bits per heavy atom. The van der Waals surface area contributed by atoms with Crippen molar-refractivity contribution in [1.82, 2.24) is 0 Å². The lowest BCUT2D eigenvalue weighted by molar-refractivity contribution is -0.147. The molecule has 0 saturated heterocycles. The first-order valence-electron chi connectivity index (χ1n) is 8.58. The summed E-state index contributed by atoms with van der Waals surface area (Å²) in [5, 5.41) is 0. The van der Waals surface area contributed by atoms with Gasteiger partial charge in [0.25, 0.3) is 0 Å². The Hall–Kier alpha value is -0.960. The average Bonchev–Trinajstić information content (AvgIpc) is 2.56. The number of benzene rings is 1. The highest BCUT2D eigenvalue weighted by atomic mass is 32.2. The SMILES string of the molecule is CCOC(=O)C(CSCc1ccccc1)CC1CCCCC1. The molecule has 2 nitrogen and oxygen atoms in total. The van der Waals surface area contributed by atoms with Gasteiger partial charge in [-0.25, -0.2) is 0 Å². The first kappa shape index (κ1) is 17.4. The molecule has 0 amide bonds. The second-order valence-electron chi connectivity index (χ2n) is 6.19. The molecular formula is C19H28O2S. The maximum Gasteiger partial charge on any atom is 0.309 e. The lowest BCUT2D eigenvalue weighted by Gasteiger charge is -2.25. The molecule has 1 aliphatic rings. The maximum atomic E-state index is 12.2.